The summed E-state index contributed by atoms with van der Waals surface area (Å²) < 4.78 is 210. The number of fused-ring (bicyclic) bond motifs is 10. The van der Waals surface area contributed by atoms with Crippen molar-refractivity contribution in [2.75, 3.05) is 39.8 Å². The number of alkyl halides is 4. The Kier molecular flexibility index (Phi) is 27.2. The number of para-hydroxylation sites is 1. The fraction of sp³-hybridized carbons (Fsp3) is 0.351. The molecule has 0 spiro atoms. The Morgan fingerprint density at radius 1 is 0.398 bits per heavy atom. The van der Waals surface area contributed by atoms with Crippen LogP contribution >= 0.6 is 0 Å². The zero-order valence-corrected chi connectivity index (χ0v) is 72.0. The number of benzene rings is 8. The maximum Gasteiger partial charge on any atom is 0.328 e. The molecule has 6 aliphatic heterocycles. The molecule has 0 saturated heterocycles. The van der Waals surface area contributed by atoms with Crippen LogP contribution in [0.15, 0.2) is 144 Å². The summed E-state index contributed by atoms with van der Waals surface area (Å²) in [5.41, 5.74) is -0.0134. The van der Waals surface area contributed by atoms with Crippen molar-refractivity contribution in [3.8, 4) is 23.0 Å². The summed E-state index contributed by atoms with van der Waals surface area (Å²) in [5, 5.41) is 43.9. The molecule has 8 aromatic carbocycles. The number of nitrogens with one attached hydrogen (secondary N) is 1. The van der Waals surface area contributed by atoms with Gasteiger partial charge in [-0.15, -0.1) is 0 Å². The van der Waals surface area contributed by atoms with Gasteiger partial charge >= 0.3 is 23.9 Å². The summed E-state index contributed by atoms with van der Waals surface area (Å²) in [6, 6.07) is 22.4. The number of carboxylic acid groups (broad SMARTS) is 4. The summed E-state index contributed by atoms with van der Waals surface area (Å²) in [5.74, 6) is -9.04. The molecule has 19 nitrogen and oxygen atoms in total. The van der Waals surface area contributed by atoms with Gasteiger partial charge in [0.15, 0.2) is 23.0 Å². The zero-order valence-electron chi connectivity index (χ0n) is 72.0. The highest BCUT2D eigenvalue weighted by Gasteiger charge is 2.47. The molecule has 0 radical (unpaired) electrons. The number of hydrogen-bond acceptors (Lipinski definition) is 14. The number of nitrogens with zero attached hydrogens (tertiary/aromatic N) is 5. The second-order valence-corrected chi connectivity index (χ2v) is 35.4. The number of ether oxygens (including phenoxy) is 4. The van der Waals surface area contributed by atoms with Crippen LogP contribution < -0.4 is 18.9 Å². The smallest absolute Gasteiger partial charge is 0.328 e. The van der Waals surface area contributed by atoms with Gasteiger partial charge in [-0.1, -0.05) is 24.3 Å². The number of halogens is 12. The number of rotatable bonds is 20. The molecule has 6 aliphatic rings. The van der Waals surface area contributed by atoms with Crippen molar-refractivity contribution in [2.45, 2.75) is 180 Å². The maximum atomic E-state index is 15.3. The Labute approximate surface area is 730 Å². The van der Waals surface area contributed by atoms with E-state index in [1.807, 2.05) is 70.2 Å². The Morgan fingerprint density at radius 2 is 0.703 bits per heavy atom. The average Bonchev–Trinajstić information content (AvgIpc) is 1.47. The highest BCUT2D eigenvalue weighted by atomic mass is 19.2. The van der Waals surface area contributed by atoms with Crippen molar-refractivity contribution in [2.24, 2.45) is 0 Å². The topological polar surface area (TPSA) is 241 Å². The number of aliphatic carboxylic acids is 4. The molecule has 0 amide bonds. The second kappa shape index (κ2) is 37.2. The molecular formula is C97H96F12N6O13. The summed E-state index contributed by atoms with van der Waals surface area (Å²) in [6.45, 7) is 19.1. The Balaban J connectivity index is 0.000000146. The van der Waals surface area contributed by atoms with E-state index in [4.69, 9.17) is 43.8 Å². The SMILES string of the molecule is CC1Cc2c(ccc3[nH]ncc23)C(c2c(F)cc(/C=C/C(=O)O)cc2F)N1CC(C)(C)F.C[C@@H]1Cc2cc3c(cc2[C@@H](c2c(F)cc(/C=C/C(=O)O)cc2F)N1CC(C)(C)F)OCO3.C[C@H]1Cc2c(oc3ccccc23)[C@H](c2c(F)cc(/C=C/C(=O)O)cc2F)N1CC(C)(C)F.C[C@H]1Cc2cc3c(cc2[C@H](c2c(F)cc(/C=C/C(=O)O)cc2F)N1CC(C)(C)F)OCO3. The largest absolute Gasteiger partial charge is 0.478 e. The van der Waals surface area contributed by atoms with Gasteiger partial charge in [0.25, 0.3) is 0 Å². The number of carbonyl (C=O) groups is 4. The molecule has 2 unspecified atom stereocenters. The molecular weight excluding hydrogens is 1690 g/mol. The van der Waals surface area contributed by atoms with Gasteiger partial charge in [-0.2, -0.15) is 5.10 Å². The first-order valence-corrected chi connectivity index (χ1v) is 41.3. The van der Waals surface area contributed by atoms with Gasteiger partial charge in [0.1, 0.15) is 86.6 Å². The van der Waals surface area contributed by atoms with E-state index in [0.717, 1.165) is 136 Å². The predicted octanol–water partition coefficient (Wildman–Crippen LogP) is 20.7. The number of furan rings is 1. The highest BCUT2D eigenvalue weighted by molar-refractivity contribution is 5.88. The zero-order chi connectivity index (χ0) is 92.8. The average molecular weight is 1780 g/mol. The molecule has 31 heteroatoms. The first-order valence-electron chi connectivity index (χ1n) is 41.3. The van der Waals surface area contributed by atoms with Crippen LogP contribution in [0.3, 0.4) is 0 Å². The van der Waals surface area contributed by atoms with E-state index in [1.165, 1.54) is 55.4 Å². The lowest BCUT2D eigenvalue weighted by Crippen LogP contribution is -2.48. The summed E-state index contributed by atoms with van der Waals surface area (Å²) in [6.07, 6.45) is 11.7. The van der Waals surface area contributed by atoms with E-state index in [9.17, 15) is 36.7 Å². The van der Waals surface area contributed by atoms with E-state index in [1.54, 1.807) is 44.0 Å². The van der Waals surface area contributed by atoms with E-state index < -0.39 is 117 Å². The molecule has 8 atom stereocenters. The lowest BCUT2D eigenvalue weighted by molar-refractivity contribution is -0.132. The van der Waals surface area contributed by atoms with Gasteiger partial charge in [-0.05, 0) is 274 Å². The van der Waals surface area contributed by atoms with Crippen LogP contribution in [0, 0.1) is 46.5 Å². The molecule has 10 aromatic rings. The van der Waals surface area contributed by atoms with Crippen LogP contribution in [0.1, 0.15) is 196 Å². The maximum absolute atomic E-state index is 15.3. The number of H-pyrrole nitrogens is 1. The van der Waals surface area contributed by atoms with Crippen molar-refractivity contribution in [3.63, 3.8) is 0 Å². The normalized spacial score (nSPS) is 20.1. The third kappa shape index (κ3) is 21.1. The van der Waals surface area contributed by atoms with Gasteiger partial charge in [0, 0.05) is 113 Å². The third-order valence-electron chi connectivity index (χ3n) is 22.9. The minimum atomic E-state index is -1.60. The van der Waals surface area contributed by atoms with Crippen LogP contribution in [0.2, 0.25) is 0 Å². The van der Waals surface area contributed by atoms with E-state index in [-0.39, 0.29) is 108 Å². The van der Waals surface area contributed by atoms with Gasteiger partial charge in [0.2, 0.25) is 13.6 Å². The van der Waals surface area contributed by atoms with Crippen LogP contribution in [-0.2, 0) is 44.9 Å². The fourth-order valence-electron chi connectivity index (χ4n) is 17.9. The van der Waals surface area contributed by atoms with Crippen LogP contribution in [-0.4, -0.2) is 161 Å². The molecule has 0 fully saturated rings. The van der Waals surface area contributed by atoms with E-state index in [0.29, 0.717) is 76.7 Å². The first-order chi connectivity index (χ1) is 60.2. The van der Waals surface area contributed by atoms with Gasteiger partial charge in [-0.3, -0.25) is 24.7 Å². The van der Waals surface area contributed by atoms with E-state index in [2.05, 4.69) is 10.2 Å². The molecule has 0 saturated carbocycles. The molecule has 16 rings (SSSR count). The standard InChI is InChI=1S/C25H24F3NO3.C24H24F3N3O2.2C24H24F3NO4/c1-14-10-17-16-6-4-5-7-20(16)32-24(17)23(29(14)13-25(2,3)28)22-18(26)11-15(12-19(22)27)8-9-21(30)31;1-13-8-16-15(5-6-20-17(16)11-28-29-20)23(30(13)12-24(2,3)27)22-18(25)9-14(10-19(22)26)4-7-21(31)32;2*1-13-6-15-9-19-20(32-12-31-19)10-16(15)23(28(13)11-24(2,3)27)22-17(25)7-14(8-18(22)26)4-5-21(29)30/h4-9,11-12,14,23H,10,13H2,1-3H3,(H,30,31);4-7,9-11,13,23H,8,12H2,1-3H3,(H,28,29)(H,31,32);2*4-5,7-10,13,23H,6,11-12H2,1-3H3,(H,29,30)/b9-8+;7-4+;2*5-4+/t14-,23-;;2*13-,23+/m0.10/s1. The Morgan fingerprint density at radius 3 is 1.05 bits per heavy atom. The molecule has 5 N–H and O–H groups in total. The van der Waals surface area contributed by atoms with Crippen molar-refractivity contribution < 1.29 is 116 Å². The van der Waals surface area contributed by atoms with Crippen molar-refractivity contribution >= 4 is 70.1 Å². The molecule has 0 bridgehead atoms. The van der Waals surface area contributed by atoms with Gasteiger partial charge in [0.05, 0.1) is 29.8 Å². The fourth-order valence-corrected chi connectivity index (χ4v) is 17.9. The quantitative estimate of drug-likeness (QED) is 0.0352. The van der Waals surface area contributed by atoms with E-state index >= 15 is 35.1 Å². The van der Waals surface area contributed by atoms with Crippen molar-refractivity contribution in [3.05, 3.63) is 275 Å². The Hall–Kier alpha value is -12.2. The molecule has 676 valence electrons. The van der Waals surface area contributed by atoms with Gasteiger partial charge in [-0.25, -0.2) is 71.9 Å². The third-order valence-corrected chi connectivity index (χ3v) is 22.9. The predicted molar refractivity (Wildman–Crippen MR) is 457 cm³/mol. The monoisotopic (exact) mass is 1780 g/mol. The number of carboxylic acids is 4. The molecule has 0 aliphatic carbocycles. The summed E-state index contributed by atoms with van der Waals surface area (Å²) in [4.78, 5) is 50.1. The van der Waals surface area contributed by atoms with Gasteiger partial charge < -0.3 is 43.8 Å². The number of aromatic amines is 1. The molecule has 8 heterocycles. The van der Waals surface area contributed by atoms with Crippen LogP contribution in [0.25, 0.3) is 46.2 Å². The lowest BCUT2D eigenvalue weighted by atomic mass is 9.82. The highest BCUT2D eigenvalue weighted by Crippen LogP contribution is 2.51. The summed E-state index contributed by atoms with van der Waals surface area (Å²) in [7, 11) is 0. The minimum absolute atomic E-state index is 0.0127. The lowest BCUT2D eigenvalue weighted by Gasteiger charge is -2.44. The van der Waals surface area contributed by atoms with Crippen molar-refractivity contribution in [1.82, 2.24) is 29.8 Å². The van der Waals surface area contributed by atoms with Crippen LogP contribution in [0.5, 0.6) is 23.0 Å². The minimum Gasteiger partial charge on any atom is -0.478 e. The first kappa shape index (κ1) is 93.4. The number of aromatic nitrogens is 2. The second-order valence-electron chi connectivity index (χ2n) is 35.4. The summed E-state index contributed by atoms with van der Waals surface area (Å²) >= 11 is 0. The van der Waals surface area contributed by atoms with Crippen LogP contribution in [0.4, 0.5) is 52.7 Å². The molecule has 2 aromatic heterocycles. The Bertz CT molecular complexity index is 5690. The van der Waals surface area contributed by atoms with Crippen molar-refractivity contribution in [1.29, 1.82) is 0 Å². The molecule has 128 heavy (non-hydrogen) atoms. The number of hydrogen-bond donors (Lipinski definition) is 5.